The summed E-state index contributed by atoms with van der Waals surface area (Å²) in [6.07, 6.45) is 2.00. The fourth-order valence-electron chi connectivity index (χ4n) is 2.39. The highest BCUT2D eigenvalue weighted by molar-refractivity contribution is 5.69. The molecule has 2 atom stereocenters. The van der Waals surface area contributed by atoms with E-state index in [1.54, 1.807) is 0 Å². The summed E-state index contributed by atoms with van der Waals surface area (Å²) < 4.78 is 72.2. The van der Waals surface area contributed by atoms with Gasteiger partial charge >= 0.3 is 0 Å². The summed E-state index contributed by atoms with van der Waals surface area (Å²) in [5.41, 5.74) is -1.08. The predicted octanol–water partition coefficient (Wildman–Crippen LogP) is 2.94. The molecule has 3 rings (SSSR count). The summed E-state index contributed by atoms with van der Waals surface area (Å²) in [4.78, 5) is 0. The van der Waals surface area contributed by atoms with Gasteiger partial charge in [-0.25, -0.2) is 27.0 Å². The molecule has 1 fully saturated rings. The lowest BCUT2D eigenvalue weighted by molar-refractivity contribution is 0.00137. The maximum absolute atomic E-state index is 13.7. The molecule has 0 aromatic heterocycles. The third-order valence-electron chi connectivity index (χ3n) is 3.38. The van der Waals surface area contributed by atoms with Crippen molar-refractivity contribution in [1.82, 2.24) is 0 Å². The van der Waals surface area contributed by atoms with Crippen molar-refractivity contribution in [1.29, 1.82) is 0 Å². The number of hydrazone groups is 1. The van der Waals surface area contributed by atoms with E-state index in [0.29, 0.717) is 13.0 Å². The van der Waals surface area contributed by atoms with Gasteiger partial charge in [0.05, 0.1) is 0 Å². The highest BCUT2D eigenvalue weighted by Crippen LogP contribution is 2.37. The molecule has 0 saturated carbocycles. The van der Waals surface area contributed by atoms with E-state index in [2.05, 4.69) is 5.10 Å². The number of anilines is 1. The lowest BCUT2D eigenvalue weighted by Gasteiger charge is -2.31. The molecule has 2 heterocycles. The second-order valence-electron chi connectivity index (χ2n) is 4.60. The number of rotatable bonds is 1. The van der Waals surface area contributed by atoms with Crippen LogP contribution in [0, 0.1) is 35.0 Å². The second-order valence-corrected chi connectivity index (χ2v) is 4.60. The molecule has 2 unspecified atom stereocenters. The van der Waals surface area contributed by atoms with Crippen molar-refractivity contribution < 1.29 is 26.7 Å². The molecule has 1 aromatic carbocycles. The molecular weight excluding hydrogens is 283 g/mol. The van der Waals surface area contributed by atoms with Crippen LogP contribution in [0.15, 0.2) is 5.10 Å². The van der Waals surface area contributed by atoms with Gasteiger partial charge in [-0.05, 0) is 12.8 Å². The number of hydrogen-bond acceptors (Lipinski definition) is 3. The van der Waals surface area contributed by atoms with Crippen molar-refractivity contribution in [3.63, 3.8) is 0 Å². The molecule has 0 radical (unpaired) electrons. The van der Waals surface area contributed by atoms with Crippen LogP contribution in [-0.2, 0) is 4.74 Å². The third kappa shape index (κ3) is 1.78. The lowest BCUT2D eigenvalue weighted by atomic mass is 10.0. The lowest BCUT2D eigenvalue weighted by Crippen LogP contribution is -2.39. The quantitative estimate of drug-likeness (QED) is 0.451. The first-order valence-corrected chi connectivity index (χ1v) is 5.98. The Bertz CT molecular complexity index is 563. The summed E-state index contributed by atoms with van der Waals surface area (Å²) in [6, 6.07) is 0. The summed E-state index contributed by atoms with van der Waals surface area (Å²) in [5.74, 6) is -10.2. The molecule has 2 aliphatic heterocycles. The highest BCUT2D eigenvalue weighted by atomic mass is 19.2. The van der Waals surface area contributed by atoms with Gasteiger partial charge in [0, 0.05) is 18.7 Å². The van der Waals surface area contributed by atoms with Crippen LogP contribution >= 0.6 is 0 Å². The minimum absolute atomic E-state index is 0.223. The van der Waals surface area contributed by atoms with E-state index in [1.807, 2.05) is 0 Å². The Morgan fingerprint density at radius 3 is 2.25 bits per heavy atom. The number of fused-ring (bicyclic) bond motifs is 1. The van der Waals surface area contributed by atoms with Crippen LogP contribution in [-0.4, -0.2) is 19.0 Å². The maximum Gasteiger partial charge on any atom is 0.200 e. The largest absolute Gasteiger partial charge is 0.356 e. The summed E-state index contributed by atoms with van der Waals surface area (Å²) in [7, 11) is 0. The highest BCUT2D eigenvalue weighted by Gasteiger charge is 2.40. The first-order chi connectivity index (χ1) is 9.52. The molecule has 3 nitrogen and oxygen atoms in total. The van der Waals surface area contributed by atoms with Crippen molar-refractivity contribution in [2.24, 2.45) is 11.0 Å². The first-order valence-electron chi connectivity index (χ1n) is 5.98. The first kappa shape index (κ1) is 13.3. The molecule has 0 spiro atoms. The van der Waals surface area contributed by atoms with Gasteiger partial charge in [0.15, 0.2) is 29.5 Å². The van der Waals surface area contributed by atoms with Gasteiger partial charge in [-0.2, -0.15) is 5.10 Å². The van der Waals surface area contributed by atoms with Gasteiger partial charge in [0.2, 0.25) is 5.82 Å². The van der Waals surface area contributed by atoms with E-state index < -0.39 is 41.0 Å². The van der Waals surface area contributed by atoms with E-state index in [0.717, 1.165) is 11.4 Å². The van der Waals surface area contributed by atoms with Crippen LogP contribution in [0.1, 0.15) is 12.8 Å². The number of nitrogens with zero attached hydrogens (tertiary/aromatic N) is 2. The molecule has 0 aliphatic carbocycles. The van der Waals surface area contributed by atoms with E-state index >= 15 is 0 Å². The van der Waals surface area contributed by atoms with E-state index in [-0.39, 0.29) is 5.92 Å². The van der Waals surface area contributed by atoms with Crippen molar-refractivity contribution in [2.45, 2.75) is 19.1 Å². The molecule has 0 amide bonds. The van der Waals surface area contributed by atoms with Crippen molar-refractivity contribution in [3.8, 4) is 0 Å². The minimum atomic E-state index is -2.19. The van der Waals surface area contributed by atoms with Crippen LogP contribution in [0.2, 0.25) is 0 Å². The Morgan fingerprint density at radius 2 is 1.60 bits per heavy atom. The van der Waals surface area contributed by atoms with Crippen molar-refractivity contribution in [2.75, 3.05) is 11.6 Å². The zero-order chi connectivity index (χ0) is 14.4. The zero-order valence-electron chi connectivity index (χ0n) is 10.0. The normalized spacial score (nSPS) is 25.1. The Labute approximate surface area is 110 Å². The molecule has 2 aliphatic rings. The van der Waals surface area contributed by atoms with Gasteiger partial charge in [0.1, 0.15) is 5.69 Å². The average Bonchev–Trinajstić information content (AvgIpc) is 2.87. The Hall–Kier alpha value is -1.70. The number of hydrogen-bond donors (Lipinski definition) is 0. The topological polar surface area (TPSA) is 24.8 Å². The zero-order valence-corrected chi connectivity index (χ0v) is 10.0. The van der Waals surface area contributed by atoms with E-state index in [9.17, 15) is 22.0 Å². The average molecular weight is 292 g/mol. The molecule has 1 saturated heterocycles. The Morgan fingerprint density at radius 1 is 1.00 bits per heavy atom. The fourth-order valence-corrected chi connectivity index (χ4v) is 2.39. The van der Waals surface area contributed by atoms with Gasteiger partial charge < -0.3 is 4.74 Å². The smallest absolute Gasteiger partial charge is 0.200 e. The van der Waals surface area contributed by atoms with E-state index in [4.69, 9.17) is 4.74 Å². The molecule has 0 N–H and O–H groups in total. The third-order valence-corrected chi connectivity index (χ3v) is 3.38. The second kappa shape index (κ2) is 4.69. The molecule has 108 valence electrons. The van der Waals surface area contributed by atoms with Crippen molar-refractivity contribution in [3.05, 3.63) is 29.1 Å². The van der Waals surface area contributed by atoms with Crippen LogP contribution in [0.3, 0.4) is 0 Å². The van der Waals surface area contributed by atoms with Gasteiger partial charge in [-0.15, -0.1) is 0 Å². The minimum Gasteiger partial charge on any atom is -0.356 e. The van der Waals surface area contributed by atoms with Crippen LogP contribution < -0.4 is 5.01 Å². The van der Waals surface area contributed by atoms with Crippen LogP contribution in [0.5, 0.6) is 0 Å². The summed E-state index contributed by atoms with van der Waals surface area (Å²) in [6.45, 7) is 0.344. The molecular formula is C12H9F5N2O. The molecule has 20 heavy (non-hydrogen) atoms. The number of halogens is 5. The number of ether oxygens (including phenoxy) is 1. The van der Waals surface area contributed by atoms with Gasteiger partial charge in [-0.1, -0.05) is 0 Å². The van der Waals surface area contributed by atoms with Crippen LogP contribution in [0.25, 0.3) is 0 Å². The maximum atomic E-state index is 13.7. The van der Waals surface area contributed by atoms with Gasteiger partial charge in [0.25, 0.3) is 0 Å². The van der Waals surface area contributed by atoms with Gasteiger partial charge in [-0.3, -0.25) is 0 Å². The molecule has 1 aromatic rings. The van der Waals surface area contributed by atoms with Crippen LogP contribution in [0.4, 0.5) is 27.6 Å². The monoisotopic (exact) mass is 292 g/mol. The number of benzene rings is 1. The van der Waals surface area contributed by atoms with E-state index in [1.165, 1.54) is 6.21 Å². The van der Waals surface area contributed by atoms with Crippen molar-refractivity contribution >= 4 is 11.9 Å². The molecule has 8 heteroatoms. The Balaban J connectivity index is 2.09. The predicted molar refractivity (Wildman–Crippen MR) is 59.7 cm³/mol. The molecule has 0 bridgehead atoms. The standard InChI is InChI=1S/C12H9F5N2O/c13-6-7(14)9(16)11(10(17)8(6)15)19-12-5(4-18-19)2-1-3-20-12/h4-5,12H,1-3H2. The Kier molecular flexibility index (Phi) is 3.12. The SMILES string of the molecule is Fc1c(F)c(F)c(N2N=CC3CCCOC32)c(F)c1F. The fraction of sp³-hybridized carbons (Fsp3) is 0.417. The summed E-state index contributed by atoms with van der Waals surface area (Å²) >= 11 is 0. The summed E-state index contributed by atoms with van der Waals surface area (Å²) in [5, 5.41) is 4.45.